The Labute approximate surface area is 316 Å². The predicted octanol–water partition coefficient (Wildman–Crippen LogP) is 5.78. The number of nitro benzene ring substituents is 1. The second-order valence-corrected chi connectivity index (χ2v) is 18.4. The molecule has 280 valence electrons. The maximum absolute atomic E-state index is 13.4. The average Bonchev–Trinajstić information content (AvgIpc) is 3.14. The highest BCUT2D eigenvalue weighted by Crippen LogP contribution is 2.43. The fourth-order valence-electron chi connectivity index (χ4n) is 6.80. The van der Waals surface area contributed by atoms with Gasteiger partial charge in [0.1, 0.15) is 22.2 Å². The van der Waals surface area contributed by atoms with E-state index in [0.29, 0.717) is 55.0 Å². The average molecular weight is 749 g/mol. The van der Waals surface area contributed by atoms with Crippen molar-refractivity contribution in [2.75, 3.05) is 66.1 Å². The molecule has 1 aliphatic carbocycles. The molecular weight excluding hydrogens is 703 g/mol. The fourth-order valence-corrected chi connectivity index (χ4v) is 9.87. The number of fused-ring (bicyclic) bond motifs is 2. The first-order chi connectivity index (χ1) is 25.7. The number of hydrogen-bond acceptors (Lipinski definition) is 7. The van der Waals surface area contributed by atoms with Gasteiger partial charge >= 0.3 is 5.97 Å². The molecule has 0 unspecified atom stereocenters. The molecule has 0 fully saturated rings. The summed E-state index contributed by atoms with van der Waals surface area (Å²) in [7, 11) is 5.77. The number of allylic oxidation sites excluding steroid dienone is 5. The van der Waals surface area contributed by atoms with Crippen molar-refractivity contribution in [3.05, 3.63) is 133 Å². The maximum atomic E-state index is 13.4. The molecule has 1 aliphatic heterocycles. The van der Waals surface area contributed by atoms with Gasteiger partial charge in [-0.05, 0) is 94.0 Å². The van der Waals surface area contributed by atoms with Gasteiger partial charge in [-0.25, -0.2) is 14.2 Å². The Hall–Kier alpha value is -5.68. The third-order valence-electron chi connectivity index (χ3n) is 9.73. The van der Waals surface area contributed by atoms with Crippen molar-refractivity contribution in [3.63, 3.8) is 0 Å². The molecule has 0 bridgehead atoms. The Bertz CT molecular complexity index is 2160. The highest BCUT2D eigenvalue weighted by Gasteiger charge is 2.41. The molecule has 0 atom stereocenters. The van der Waals surface area contributed by atoms with Crippen LogP contribution in [0.5, 0.6) is 0 Å². The number of aryl methyl sites for hydroxylation is 1. The number of nitrogens with one attached hydrogen (secondary N) is 1. The Morgan fingerprint density at radius 1 is 0.963 bits per heavy atom. The van der Waals surface area contributed by atoms with Crippen molar-refractivity contribution in [2.45, 2.75) is 25.9 Å². The number of amides is 1. The molecule has 2 N–H and O–H groups in total. The Kier molecular flexibility index (Phi) is 12.4. The molecule has 12 nitrogen and oxygen atoms in total. The minimum absolute atomic E-state index is 0.00629. The number of anilines is 1. The molecule has 3 aromatic rings. The minimum atomic E-state index is -2.26. The molecule has 1 heterocycles. The van der Waals surface area contributed by atoms with Crippen molar-refractivity contribution in [1.82, 2.24) is 5.32 Å². The highest BCUT2D eigenvalue weighted by atomic mass is 28.3. The fraction of sp³-hybridized carbons (Fsp3) is 0.317. The Morgan fingerprint density at radius 2 is 1.70 bits per heavy atom. The summed E-state index contributed by atoms with van der Waals surface area (Å²) in [5, 5.41) is 27.0. The smallest absolute Gasteiger partial charge is 0.336 e. The number of carboxylic acids is 1. The van der Waals surface area contributed by atoms with E-state index < -0.39 is 19.0 Å². The summed E-state index contributed by atoms with van der Waals surface area (Å²) in [6.45, 7) is 13.3. The van der Waals surface area contributed by atoms with E-state index in [1.807, 2.05) is 28.2 Å². The standard InChI is InChI=1S/C41H45N5O7Si/c1-42-29-11-17-36(46(50)51)27(23-29)9-8-19-52-21-22-53-20-18-43-40(47)28-10-14-32(41(48)49)35(24-28)39-33-15-12-30(44(2)3)25-37(33)54(6,7)38-26-31(45(4)5)13-16-34(38)39/h10-17,23-26H,8-9,18-22H2,2-7H3,(H-,43,47,48,49)/p+1. The van der Waals surface area contributed by atoms with Crippen LogP contribution in [-0.4, -0.2) is 101 Å². The van der Waals surface area contributed by atoms with Crippen molar-refractivity contribution < 1.29 is 33.7 Å². The van der Waals surface area contributed by atoms with Crippen LogP contribution < -0.4 is 15.4 Å². The molecule has 0 aromatic heterocycles. The van der Waals surface area contributed by atoms with Crippen LogP contribution in [0, 0.1) is 16.7 Å². The van der Waals surface area contributed by atoms with Crippen LogP contribution in [0.4, 0.5) is 17.1 Å². The van der Waals surface area contributed by atoms with Crippen LogP contribution in [0.15, 0.2) is 83.6 Å². The normalized spacial score (nSPS) is 14.1. The SMILES string of the molecule is [C-]#[N+]c1ccc([N+](=O)[O-])c(CCCOCCOCCNC(=O)c2ccc(C(=O)O)c(C3=C4C=CC(=[N+](C)C)C=C4[Si](C)(C)c4cc(N(C)C)ccc43)c2)c1. The molecule has 0 radical (unpaired) electrons. The molecule has 5 rings (SSSR count). The topological polar surface area (TPSA) is 139 Å². The zero-order valence-electron chi connectivity index (χ0n) is 31.6. The zero-order chi connectivity index (χ0) is 39.2. The van der Waals surface area contributed by atoms with E-state index in [4.69, 9.17) is 16.0 Å². The molecule has 3 aromatic carbocycles. The quantitative estimate of drug-likeness (QED) is 0.0498. The van der Waals surface area contributed by atoms with Crippen molar-refractivity contribution in [1.29, 1.82) is 0 Å². The summed E-state index contributed by atoms with van der Waals surface area (Å²) in [5.74, 6) is -1.42. The third-order valence-corrected chi connectivity index (χ3v) is 13.3. The van der Waals surface area contributed by atoms with Gasteiger partial charge in [0.25, 0.3) is 11.6 Å². The number of carbonyl (C=O) groups is 2. The van der Waals surface area contributed by atoms with Gasteiger partial charge in [-0.3, -0.25) is 14.9 Å². The van der Waals surface area contributed by atoms with E-state index >= 15 is 0 Å². The molecule has 1 amide bonds. The van der Waals surface area contributed by atoms with Gasteiger partial charge in [0.05, 0.1) is 36.9 Å². The number of hydrogen-bond donors (Lipinski definition) is 2. The first kappa shape index (κ1) is 39.5. The van der Waals surface area contributed by atoms with Crippen LogP contribution >= 0.6 is 0 Å². The van der Waals surface area contributed by atoms with Crippen molar-refractivity contribution in [3.8, 4) is 0 Å². The summed E-state index contributed by atoms with van der Waals surface area (Å²) in [6, 6.07) is 15.4. The molecule has 0 spiro atoms. The second kappa shape index (κ2) is 17.0. The van der Waals surface area contributed by atoms with Gasteiger partial charge in [-0.1, -0.05) is 19.2 Å². The van der Waals surface area contributed by atoms with E-state index in [2.05, 4.69) is 69.2 Å². The molecule has 0 saturated heterocycles. The molecule has 54 heavy (non-hydrogen) atoms. The van der Waals surface area contributed by atoms with Gasteiger partial charge in [0.15, 0.2) is 11.4 Å². The van der Waals surface area contributed by atoms with Crippen LogP contribution in [0.1, 0.15) is 43.8 Å². The van der Waals surface area contributed by atoms with Crippen LogP contribution in [0.3, 0.4) is 0 Å². The monoisotopic (exact) mass is 748 g/mol. The van der Waals surface area contributed by atoms with E-state index in [1.165, 1.54) is 34.6 Å². The van der Waals surface area contributed by atoms with Gasteiger partial charge in [-0.2, -0.15) is 0 Å². The van der Waals surface area contributed by atoms with E-state index in [1.54, 1.807) is 12.1 Å². The number of ether oxygens (including phenoxy) is 2. The number of nitro groups is 1. The summed E-state index contributed by atoms with van der Waals surface area (Å²) in [4.78, 5) is 42.4. The predicted molar refractivity (Wildman–Crippen MR) is 213 cm³/mol. The van der Waals surface area contributed by atoms with E-state index in [9.17, 15) is 24.8 Å². The lowest BCUT2D eigenvalue weighted by atomic mass is 9.86. The largest absolute Gasteiger partial charge is 0.478 e. The van der Waals surface area contributed by atoms with Gasteiger partial charge in [0.2, 0.25) is 0 Å². The summed E-state index contributed by atoms with van der Waals surface area (Å²) < 4.78 is 13.3. The summed E-state index contributed by atoms with van der Waals surface area (Å²) in [6.07, 6.45) is 7.31. The molecule has 13 heteroatoms. The number of nitrogens with zero attached hydrogens (tertiary/aromatic N) is 4. The minimum Gasteiger partial charge on any atom is -0.478 e. The van der Waals surface area contributed by atoms with Crippen LogP contribution in [0.25, 0.3) is 10.4 Å². The number of benzene rings is 3. The summed E-state index contributed by atoms with van der Waals surface area (Å²) in [5.41, 5.74) is 6.69. The second-order valence-electron chi connectivity index (χ2n) is 14.1. The Balaban J connectivity index is 1.26. The number of carbonyl (C=O) groups excluding carboxylic acids is 1. The van der Waals surface area contributed by atoms with Crippen molar-refractivity contribution >= 4 is 53.5 Å². The Morgan fingerprint density at radius 3 is 2.37 bits per heavy atom. The lowest BCUT2D eigenvalue weighted by Gasteiger charge is -2.38. The third kappa shape index (κ3) is 8.58. The van der Waals surface area contributed by atoms with Crippen LogP contribution in [-0.2, 0) is 15.9 Å². The van der Waals surface area contributed by atoms with E-state index in [-0.39, 0.29) is 30.3 Å². The summed E-state index contributed by atoms with van der Waals surface area (Å²) >= 11 is 0. The van der Waals surface area contributed by atoms with Gasteiger partial charge < -0.3 is 24.8 Å². The highest BCUT2D eigenvalue weighted by molar-refractivity contribution is 6.98. The maximum Gasteiger partial charge on any atom is 0.336 e. The molecular formula is C41H46N5O7Si+. The lowest BCUT2D eigenvalue weighted by molar-refractivity contribution is -0.462. The number of aromatic carboxylic acids is 1. The van der Waals surface area contributed by atoms with Gasteiger partial charge in [-0.15, -0.1) is 0 Å². The molecule has 2 aliphatic rings. The van der Waals surface area contributed by atoms with Crippen LogP contribution in [0.2, 0.25) is 13.1 Å². The van der Waals surface area contributed by atoms with E-state index in [0.717, 1.165) is 28.1 Å². The first-order valence-corrected chi connectivity index (χ1v) is 20.7. The number of carboxylic acid groups (broad SMARTS) is 1. The zero-order valence-corrected chi connectivity index (χ0v) is 32.6. The number of rotatable bonds is 15. The van der Waals surface area contributed by atoms with Gasteiger partial charge in [0, 0.05) is 62.3 Å². The molecule has 0 saturated carbocycles. The lowest BCUT2D eigenvalue weighted by Crippen LogP contribution is -2.49. The first-order valence-electron chi connectivity index (χ1n) is 17.7. The van der Waals surface area contributed by atoms with Crippen molar-refractivity contribution in [2.24, 2.45) is 0 Å².